The average molecular weight is 252 g/mol. The fourth-order valence-corrected chi connectivity index (χ4v) is 1.84. The van der Waals surface area contributed by atoms with E-state index in [1.165, 1.54) is 29.1 Å². The molecule has 2 aromatic rings. The zero-order valence-corrected chi connectivity index (χ0v) is 9.32. The van der Waals surface area contributed by atoms with Crippen LogP contribution in [0, 0.1) is 0 Å². The quantitative estimate of drug-likeness (QED) is 0.732. The number of aromatic nitrogens is 3. The van der Waals surface area contributed by atoms with Crippen LogP contribution in [0.15, 0.2) is 22.6 Å². The first-order valence-electron chi connectivity index (χ1n) is 4.62. The van der Waals surface area contributed by atoms with Crippen molar-refractivity contribution in [1.29, 1.82) is 0 Å². The van der Waals surface area contributed by atoms with Crippen molar-refractivity contribution in [1.82, 2.24) is 15.0 Å². The molecule has 17 heavy (non-hydrogen) atoms. The van der Waals surface area contributed by atoms with Crippen LogP contribution in [0.2, 0.25) is 0 Å². The largest absolute Gasteiger partial charge is 0.476 e. The highest BCUT2D eigenvalue weighted by Crippen LogP contribution is 2.10. The number of thiazole rings is 1. The summed E-state index contributed by atoms with van der Waals surface area (Å²) in [6.07, 6.45) is 2.88. The minimum atomic E-state index is -1.07. The zero-order valence-electron chi connectivity index (χ0n) is 8.51. The number of aromatic carboxylic acids is 1. The van der Waals surface area contributed by atoms with Crippen LogP contribution in [0.4, 0.5) is 5.82 Å². The van der Waals surface area contributed by atoms with E-state index in [1.807, 2.05) is 0 Å². The fourth-order valence-electron chi connectivity index (χ4n) is 1.13. The lowest BCUT2D eigenvalue weighted by molar-refractivity contribution is 0.0691. The Labute approximate surface area is 99.2 Å². The van der Waals surface area contributed by atoms with Gasteiger partial charge in [-0.25, -0.2) is 14.8 Å². The molecule has 0 saturated heterocycles. The second-order valence-electron chi connectivity index (χ2n) is 3.05. The third kappa shape index (κ3) is 2.67. The first-order valence-corrected chi connectivity index (χ1v) is 5.50. The summed E-state index contributed by atoms with van der Waals surface area (Å²) in [4.78, 5) is 32.0. The van der Waals surface area contributed by atoms with Gasteiger partial charge in [-0.1, -0.05) is 0 Å². The molecule has 8 heteroatoms. The Morgan fingerprint density at radius 1 is 1.59 bits per heavy atom. The lowest BCUT2D eigenvalue weighted by Crippen LogP contribution is -2.15. The second kappa shape index (κ2) is 4.74. The summed E-state index contributed by atoms with van der Waals surface area (Å²) in [5, 5.41) is 13.5. The maximum Gasteiger partial charge on any atom is 0.355 e. The van der Waals surface area contributed by atoms with E-state index in [-0.39, 0.29) is 23.6 Å². The van der Waals surface area contributed by atoms with Gasteiger partial charge in [-0.2, -0.15) is 0 Å². The minimum Gasteiger partial charge on any atom is -0.476 e. The van der Waals surface area contributed by atoms with E-state index in [4.69, 9.17) is 5.11 Å². The smallest absolute Gasteiger partial charge is 0.355 e. The lowest BCUT2D eigenvalue weighted by Gasteiger charge is -2.00. The number of nitrogens with one attached hydrogen (secondary N) is 2. The highest BCUT2D eigenvalue weighted by atomic mass is 32.1. The van der Waals surface area contributed by atoms with Crippen LogP contribution < -0.4 is 10.9 Å². The molecule has 0 radical (unpaired) electrons. The van der Waals surface area contributed by atoms with E-state index in [0.717, 1.165) is 0 Å². The van der Waals surface area contributed by atoms with Gasteiger partial charge in [0.25, 0.3) is 5.56 Å². The van der Waals surface area contributed by atoms with Gasteiger partial charge in [0.15, 0.2) is 11.5 Å². The standard InChI is InChI=1S/C9H8N4O3S/c14-8-7(10-1-2-11-8)12-3-6-13-5(4-17-6)9(15)16/h1-2,4H,3H2,(H,10,12)(H,11,14)(H,15,16). The number of carboxylic acid groups (broad SMARTS) is 1. The molecule has 0 amide bonds. The van der Waals surface area contributed by atoms with Crippen molar-refractivity contribution < 1.29 is 9.90 Å². The van der Waals surface area contributed by atoms with Gasteiger partial charge in [0.1, 0.15) is 5.01 Å². The molecular formula is C9H8N4O3S. The Balaban J connectivity index is 2.05. The van der Waals surface area contributed by atoms with Crippen molar-refractivity contribution in [3.8, 4) is 0 Å². The van der Waals surface area contributed by atoms with E-state index < -0.39 is 5.97 Å². The summed E-state index contributed by atoms with van der Waals surface area (Å²) >= 11 is 1.21. The Kier molecular flexibility index (Phi) is 3.15. The number of nitrogens with zero attached hydrogens (tertiary/aromatic N) is 2. The summed E-state index contributed by atoms with van der Waals surface area (Å²) < 4.78 is 0. The van der Waals surface area contributed by atoms with Gasteiger partial charge in [-0.3, -0.25) is 4.79 Å². The van der Waals surface area contributed by atoms with Crippen molar-refractivity contribution in [3.63, 3.8) is 0 Å². The van der Waals surface area contributed by atoms with Crippen LogP contribution in [-0.4, -0.2) is 26.0 Å². The van der Waals surface area contributed by atoms with Crippen molar-refractivity contribution in [2.24, 2.45) is 0 Å². The van der Waals surface area contributed by atoms with Gasteiger partial charge in [-0.05, 0) is 0 Å². The van der Waals surface area contributed by atoms with Crippen LogP contribution >= 0.6 is 11.3 Å². The van der Waals surface area contributed by atoms with E-state index in [2.05, 4.69) is 20.3 Å². The topological polar surface area (TPSA) is 108 Å². The predicted octanol–water partition coefficient (Wildman–Crippen LogP) is 0.537. The van der Waals surface area contributed by atoms with Crippen LogP contribution in [-0.2, 0) is 6.54 Å². The molecule has 0 bridgehead atoms. The van der Waals surface area contributed by atoms with Gasteiger partial charge in [0.05, 0.1) is 6.54 Å². The van der Waals surface area contributed by atoms with Crippen molar-refractivity contribution in [2.45, 2.75) is 6.54 Å². The molecule has 3 N–H and O–H groups in total. The third-order valence-corrected chi connectivity index (χ3v) is 2.73. The van der Waals surface area contributed by atoms with Crippen LogP contribution in [0.5, 0.6) is 0 Å². The van der Waals surface area contributed by atoms with E-state index >= 15 is 0 Å². The molecule has 0 aliphatic rings. The second-order valence-corrected chi connectivity index (χ2v) is 3.99. The number of aromatic amines is 1. The summed E-state index contributed by atoms with van der Waals surface area (Å²) in [5.41, 5.74) is -0.329. The molecule has 0 aromatic carbocycles. The molecule has 2 aromatic heterocycles. The number of carboxylic acids is 1. The number of hydrogen-bond acceptors (Lipinski definition) is 6. The van der Waals surface area contributed by atoms with Gasteiger partial charge in [0, 0.05) is 17.8 Å². The monoisotopic (exact) mass is 252 g/mol. The maximum atomic E-state index is 11.3. The zero-order chi connectivity index (χ0) is 12.3. The molecule has 0 unspecified atom stereocenters. The average Bonchev–Trinajstić information content (AvgIpc) is 2.77. The van der Waals surface area contributed by atoms with Gasteiger partial charge in [0.2, 0.25) is 0 Å². The Hall–Kier alpha value is -2.22. The fraction of sp³-hybridized carbons (Fsp3) is 0.111. The predicted molar refractivity (Wildman–Crippen MR) is 61.3 cm³/mol. The molecule has 0 fully saturated rings. The number of anilines is 1. The summed E-state index contributed by atoms with van der Waals surface area (Å²) in [6.45, 7) is 0.262. The summed E-state index contributed by atoms with van der Waals surface area (Å²) in [6, 6.07) is 0. The van der Waals surface area contributed by atoms with Crippen molar-refractivity contribution in [2.75, 3.05) is 5.32 Å². The van der Waals surface area contributed by atoms with E-state index in [9.17, 15) is 9.59 Å². The molecule has 0 atom stereocenters. The molecule has 0 saturated carbocycles. The highest BCUT2D eigenvalue weighted by molar-refractivity contribution is 7.09. The van der Waals surface area contributed by atoms with Gasteiger partial charge < -0.3 is 15.4 Å². The molecule has 0 spiro atoms. The summed E-state index contributed by atoms with van der Waals surface area (Å²) in [7, 11) is 0. The highest BCUT2D eigenvalue weighted by Gasteiger charge is 2.08. The normalized spacial score (nSPS) is 10.1. The third-order valence-electron chi connectivity index (χ3n) is 1.89. The molecule has 7 nitrogen and oxygen atoms in total. The molecular weight excluding hydrogens is 244 g/mol. The summed E-state index contributed by atoms with van der Waals surface area (Å²) in [5.74, 6) is -0.886. The minimum absolute atomic E-state index is 0.00160. The van der Waals surface area contributed by atoms with Crippen LogP contribution in [0.1, 0.15) is 15.5 Å². The van der Waals surface area contributed by atoms with E-state index in [1.54, 1.807) is 0 Å². The molecule has 88 valence electrons. The Morgan fingerprint density at radius 3 is 3.06 bits per heavy atom. The molecule has 2 rings (SSSR count). The van der Waals surface area contributed by atoms with Gasteiger partial charge in [-0.15, -0.1) is 11.3 Å². The molecule has 2 heterocycles. The lowest BCUT2D eigenvalue weighted by atomic mass is 10.5. The van der Waals surface area contributed by atoms with Crippen molar-refractivity contribution in [3.05, 3.63) is 38.8 Å². The number of carbonyl (C=O) groups is 1. The number of rotatable bonds is 4. The Morgan fingerprint density at radius 2 is 2.41 bits per heavy atom. The number of hydrogen-bond donors (Lipinski definition) is 3. The van der Waals surface area contributed by atoms with E-state index in [0.29, 0.717) is 5.01 Å². The molecule has 0 aliphatic heterocycles. The molecule has 0 aliphatic carbocycles. The van der Waals surface area contributed by atoms with Crippen LogP contribution in [0.3, 0.4) is 0 Å². The SMILES string of the molecule is O=C(O)c1csc(CNc2ncc[nH]c2=O)n1. The first kappa shape index (κ1) is 11.3. The van der Waals surface area contributed by atoms with Crippen molar-refractivity contribution >= 4 is 23.1 Å². The number of H-pyrrole nitrogens is 1. The van der Waals surface area contributed by atoms with Crippen LogP contribution in [0.25, 0.3) is 0 Å². The Bertz CT molecular complexity index is 592. The first-order chi connectivity index (χ1) is 8.16. The maximum absolute atomic E-state index is 11.3. The van der Waals surface area contributed by atoms with Gasteiger partial charge >= 0.3 is 5.97 Å².